The van der Waals surface area contributed by atoms with E-state index in [9.17, 15) is 14.7 Å². The number of aliphatic hydroxyl groups is 1. The van der Waals surface area contributed by atoms with E-state index >= 15 is 0 Å². The lowest BCUT2D eigenvalue weighted by atomic mass is 9.93. The van der Waals surface area contributed by atoms with Gasteiger partial charge in [0, 0.05) is 38.4 Å². The summed E-state index contributed by atoms with van der Waals surface area (Å²) in [5.74, 6) is -0.562. The van der Waals surface area contributed by atoms with E-state index in [2.05, 4.69) is 0 Å². The zero-order chi connectivity index (χ0) is 25.2. The van der Waals surface area contributed by atoms with Crippen LogP contribution in [0.1, 0.15) is 42.5 Å². The average molecular weight is 466 g/mol. The molecule has 0 saturated carbocycles. The first-order chi connectivity index (χ1) is 16.1. The monoisotopic (exact) mass is 465 g/mol. The van der Waals surface area contributed by atoms with Crippen molar-refractivity contribution in [3.05, 3.63) is 64.7 Å². The van der Waals surface area contributed by atoms with Gasteiger partial charge in [-0.1, -0.05) is 26.0 Å². The van der Waals surface area contributed by atoms with Crippen LogP contribution in [0.5, 0.6) is 5.75 Å². The van der Waals surface area contributed by atoms with Crippen molar-refractivity contribution in [2.75, 3.05) is 53.3 Å². The lowest BCUT2D eigenvalue weighted by Gasteiger charge is -2.27. The molecule has 1 heterocycles. The molecule has 3 rings (SSSR count). The minimum atomic E-state index is -0.667. The Morgan fingerprint density at radius 1 is 1.06 bits per heavy atom. The molecule has 7 heteroatoms. The Balaban J connectivity index is 2.17. The summed E-state index contributed by atoms with van der Waals surface area (Å²) in [7, 11) is 9.35. The number of carbonyl (C=O) groups excluding carboxylic acids is 2. The first-order valence-corrected chi connectivity index (χ1v) is 11.5. The van der Waals surface area contributed by atoms with Gasteiger partial charge in [-0.25, -0.2) is 0 Å². The average Bonchev–Trinajstić information content (AvgIpc) is 3.06. The van der Waals surface area contributed by atoms with Crippen molar-refractivity contribution in [3.8, 4) is 5.75 Å². The van der Waals surface area contributed by atoms with Gasteiger partial charge in [0.1, 0.15) is 11.5 Å². The summed E-state index contributed by atoms with van der Waals surface area (Å²) < 4.78 is 5.46. The van der Waals surface area contributed by atoms with Crippen LogP contribution in [0.2, 0.25) is 0 Å². The quantitative estimate of drug-likeness (QED) is 0.363. The highest BCUT2D eigenvalue weighted by atomic mass is 16.5. The maximum absolute atomic E-state index is 13.2. The van der Waals surface area contributed by atoms with Gasteiger partial charge in [0.15, 0.2) is 0 Å². The Hall–Kier alpha value is -3.32. The maximum atomic E-state index is 13.2. The van der Waals surface area contributed by atoms with Crippen molar-refractivity contribution in [2.45, 2.75) is 25.8 Å². The lowest BCUT2D eigenvalue weighted by Crippen LogP contribution is -2.35. The SMILES string of the molecule is COc1ccc(/C(O)=C2/C(=O)C(=O)N(CCN(C)C)C2c2ccc(N(C)C)cc2)cc1C(C)C. The molecule has 1 amide bonds. The standard InChI is InChI=1S/C27H35N3O4/c1-17(2)21-16-19(10-13-22(21)34-7)25(31)23-24(18-8-11-20(12-9-18)29(5)6)30(15-14-28(3)4)27(33)26(23)32/h8-13,16-17,24,31H,14-15H2,1-7H3/b25-23-. The van der Waals surface area contributed by atoms with Gasteiger partial charge in [0.05, 0.1) is 18.7 Å². The summed E-state index contributed by atoms with van der Waals surface area (Å²) >= 11 is 0. The van der Waals surface area contributed by atoms with Crippen molar-refractivity contribution < 1.29 is 19.4 Å². The Labute approximate surface area is 202 Å². The van der Waals surface area contributed by atoms with Crippen LogP contribution in [0.15, 0.2) is 48.0 Å². The second-order valence-electron chi connectivity index (χ2n) is 9.39. The normalized spacial score (nSPS) is 17.7. The molecule has 2 aromatic carbocycles. The van der Waals surface area contributed by atoms with Gasteiger partial charge in [-0.05, 0) is 61.5 Å². The summed E-state index contributed by atoms with van der Waals surface area (Å²) in [6.07, 6.45) is 0. The number of nitrogens with zero attached hydrogens (tertiary/aromatic N) is 3. The molecule has 1 unspecified atom stereocenters. The van der Waals surface area contributed by atoms with Crippen molar-refractivity contribution in [1.82, 2.24) is 9.80 Å². The smallest absolute Gasteiger partial charge is 0.295 e. The lowest BCUT2D eigenvalue weighted by molar-refractivity contribution is -0.140. The second kappa shape index (κ2) is 10.3. The van der Waals surface area contributed by atoms with E-state index in [0.717, 1.165) is 16.8 Å². The number of hydrogen-bond donors (Lipinski definition) is 1. The maximum Gasteiger partial charge on any atom is 0.295 e. The van der Waals surface area contributed by atoms with E-state index in [1.165, 1.54) is 0 Å². The number of Topliss-reactive ketones (excluding diaryl/α,β-unsaturated/α-hetero) is 1. The molecular weight excluding hydrogens is 430 g/mol. The third-order valence-corrected chi connectivity index (χ3v) is 6.18. The first-order valence-electron chi connectivity index (χ1n) is 11.5. The van der Waals surface area contributed by atoms with E-state index in [4.69, 9.17) is 4.74 Å². The van der Waals surface area contributed by atoms with E-state index in [1.807, 2.05) is 82.2 Å². The van der Waals surface area contributed by atoms with Crippen LogP contribution >= 0.6 is 0 Å². The van der Waals surface area contributed by atoms with Gasteiger partial charge in [-0.15, -0.1) is 0 Å². The van der Waals surface area contributed by atoms with E-state index in [0.29, 0.717) is 24.4 Å². The van der Waals surface area contributed by atoms with Crippen LogP contribution in [0, 0.1) is 0 Å². The highest BCUT2D eigenvalue weighted by Crippen LogP contribution is 2.40. The number of hydrogen-bond acceptors (Lipinski definition) is 6. The fraction of sp³-hybridized carbons (Fsp3) is 0.407. The minimum Gasteiger partial charge on any atom is -0.507 e. The molecule has 34 heavy (non-hydrogen) atoms. The molecule has 0 spiro atoms. The molecule has 0 radical (unpaired) electrons. The molecule has 1 N–H and O–H groups in total. The van der Waals surface area contributed by atoms with Crippen LogP contribution in [0.25, 0.3) is 5.76 Å². The number of rotatable bonds is 8. The van der Waals surface area contributed by atoms with Crippen LogP contribution in [-0.2, 0) is 9.59 Å². The third kappa shape index (κ3) is 4.94. The van der Waals surface area contributed by atoms with Gasteiger partial charge in [-0.3, -0.25) is 9.59 Å². The van der Waals surface area contributed by atoms with Crippen molar-refractivity contribution in [3.63, 3.8) is 0 Å². The number of anilines is 1. The topological polar surface area (TPSA) is 73.3 Å². The van der Waals surface area contributed by atoms with Gasteiger partial charge < -0.3 is 24.5 Å². The van der Waals surface area contributed by atoms with Crippen molar-refractivity contribution in [1.29, 1.82) is 0 Å². The highest BCUT2D eigenvalue weighted by molar-refractivity contribution is 6.46. The van der Waals surface area contributed by atoms with Gasteiger partial charge in [-0.2, -0.15) is 0 Å². The van der Waals surface area contributed by atoms with E-state index < -0.39 is 17.7 Å². The van der Waals surface area contributed by atoms with Crippen LogP contribution in [0.3, 0.4) is 0 Å². The predicted octanol–water partition coefficient (Wildman–Crippen LogP) is 3.87. The molecule has 1 aliphatic heterocycles. The number of likely N-dealkylation sites (tertiary alicyclic amines) is 1. The number of likely N-dealkylation sites (N-methyl/N-ethyl adjacent to an activating group) is 1. The van der Waals surface area contributed by atoms with Crippen molar-refractivity contribution in [2.24, 2.45) is 0 Å². The number of benzene rings is 2. The molecule has 1 fully saturated rings. The Morgan fingerprint density at radius 2 is 1.71 bits per heavy atom. The number of amides is 1. The molecule has 7 nitrogen and oxygen atoms in total. The van der Waals surface area contributed by atoms with Crippen LogP contribution in [0.4, 0.5) is 5.69 Å². The Bertz CT molecular complexity index is 1090. The number of ketones is 1. The summed E-state index contributed by atoms with van der Waals surface area (Å²) in [5, 5.41) is 11.4. The predicted molar refractivity (Wildman–Crippen MR) is 135 cm³/mol. The fourth-order valence-corrected chi connectivity index (χ4v) is 4.21. The van der Waals surface area contributed by atoms with E-state index in [1.54, 1.807) is 24.1 Å². The van der Waals surface area contributed by atoms with E-state index in [-0.39, 0.29) is 17.3 Å². The molecule has 0 aliphatic carbocycles. The minimum absolute atomic E-state index is 0.112. The fourth-order valence-electron chi connectivity index (χ4n) is 4.21. The molecule has 1 aliphatic rings. The molecule has 1 saturated heterocycles. The molecule has 182 valence electrons. The summed E-state index contributed by atoms with van der Waals surface area (Å²) in [6.45, 7) is 5.04. The Kier molecular flexibility index (Phi) is 7.67. The summed E-state index contributed by atoms with van der Waals surface area (Å²) in [5.41, 5.74) is 3.31. The molecular formula is C27H35N3O4. The third-order valence-electron chi connectivity index (χ3n) is 6.18. The molecule has 0 aromatic heterocycles. The zero-order valence-electron chi connectivity index (χ0n) is 21.1. The largest absolute Gasteiger partial charge is 0.507 e. The number of ether oxygens (including phenoxy) is 1. The highest BCUT2D eigenvalue weighted by Gasteiger charge is 2.45. The summed E-state index contributed by atoms with van der Waals surface area (Å²) in [6, 6.07) is 12.4. The van der Waals surface area contributed by atoms with Gasteiger partial charge in [0.25, 0.3) is 11.7 Å². The number of methoxy groups -OCH3 is 1. The first kappa shape index (κ1) is 25.3. The second-order valence-corrected chi connectivity index (χ2v) is 9.39. The van der Waals surface area contributed by atoms with Crippen molar-refractivity contribution >= 4 is 23.1 Å². The van der Waals surface area contributed by atoms with Gasteiger partial charge >= 0.3 is 0 Å². The molecule has 0 bridgehead atoms. The van der Waals surface area contributed by atoms with Crippen LogP contribution < -0.4 is 9.64 Å². The molecule has 1 atom stereocenters. The Morgan fingerprint density at radius 3 is 2.24 bits per heavy atom. The van der Waals surface area contributed by atoms with Gasteiger partial charge in [0.2, 0.25) is 0 Å². The number of aliphatic hydroxyl groups excluding tert-OH is 1. The van der Waals surface area contributed by atoms with Crippen LogP contribution in [-0.4, -0.2) is 75.0 Å². The molecule has 2 aromatic rings. The summed E-state index contributed by atoms with van der Waals surface area (Å²) in [4.78, 5) is 31.8. The number of carbonyl (C=O) groups is 2. The zero-order valence-corrected chi connectivity index (χ0v) is 21.1.